The molecule has 1 atom stereocenters. The van der Waals surface area contributed by atoms with Crippen LogP contribution < -0.4 is 5.32 Å². The number of rotatable bonds is 6. The molecule has 1 aromatic carbocycles. The lowest BCUT2D eigenvalue weighted by molar-refractivity contribution is -0.139. The van der Waals surface area contributed by atoms with Crippen molar-refractivity contribution >= 4 is 11.9 Å². The fourth-order valence-electron chi connectivity index (χ4n) is 1.93. The number of carbonyl (C=O) groups excluding carboxylic acids is 1. The smallest absolute Gasteiger partial charge is 0.305 e. The number of carbonyl (C=O) groups is 2. The molecule has 0 fully saturated rings. The fourth-order valence-corrected chi connectivity index (χ4v) is 1.93. The summed E-state index contributed by atoms with van der Waals surface area (Å²) in [6.45, 7) is 5.18. The van der Waals surface area contributed by atoms with Gasteiger partial charge >= 0.3 is 5.97 Å². The molecule has 1 unspecified atom stereocenters. The molecule has 0 aliphatic carbocycles. The average Bonchev–Trinajstić information content (AvgIpc) is 2.33. The van der Waals surface area contributed by atoms with Crippen LogP contribution in [0.5, 0.6) is 0 Å². The highest BCUT2D eigenvalue weighted by atomic mass is 19.2. The normalized spacial score (nSPS) is 13.8. The van der Waals surface area contributed by atoms with Crippen LogP contribution >= 0.6 is 0 Å². The second-order valence-electron chi connectivity index (χ2n) is 5.58. The van der Waals surface area contributed by atoms with E-state index in [2.05, 4.69) is 5.32 Å². The van der Waals surface area contributed by atoms with Crippen molar-refractivity contribution in [3.05, 3.63) is 35.4 Å². The third kappa shape index (κ3) is 4.51. The molecule has 0 radical (unpaired) electrons. The van der Waals surface area contributed by atoms with Crippen LogP contribution in [0, 0.1) is 17.6 Å². The lowest BCUT2D eigenvalue weighted by Crippen LogP contribution is -2.51. The van der Waals surface area contributed by atoms with Crippen molar-refractivity contribution < 1.29 is 23.5 Å². The van der Waals surface area contributed by atoms with Gasteiger partial charge in [0.25, 0.3) is 0 Å². The van der Waals surface area contributed by atoms with Gasteiger partial charge in [-0.2, -0.15) is 0 Å². The van der Waals surface area contributed by atoms with Crippen molar-refractivity contribution in [1.29, 1.82) is 0 Å². The van der Waals surface area contributed by atoms with E-state index in [1.54, 1.807) is 20.8 Å². The SMILES string of the molecule is CC(C)C(C)(CC(=O)O)NC(=O)Cc1cccc(F)c1F. The highest BCUT2D eigenvalue weighted by molar-refractivity contribution is 5.80. The van der Waals surface area contributed by atoms with Crippen molar-refractivity contribution in [2.45, 2.75) is 39.2 Å². The van der Waals surface area contributed by atoms with Gasteiger partial charge in [0.05, 0.1) is 12.8 Å². The van der Waals surface area contributed by atoms with Crippen molar-refractivity contribution in [1.82, 2.24) is 5.32 Å². The predicted molar refractivity (Wildman–Crippen MR) is 73.7 cm³/mol. The molecule has 0 bridgehead atoms. The minimum Gasteiger partial charge on any atom is -0.481 e. The van der Waals surface area contributed by atoms with E-state index in [-0.39, 0.29) is 24.3 Å². The van der Waals surface area contributed by atoms with Gasteiger partial charge in [0.15, 0.2) is 11.6 Å². The number of carboxylic acid groups (broad SMARTS) is 1. The van der Waals surface area contributed by atoms with E-state index in [0.717, 1.165) is 6.07 Å². The first-order valence-corrected chi connectivity index (χ1v) is 6.61. The van der Waals surface area contributed by atoms with Crippen LogP contribution in [-0.2, 0) is 16.0 Å². The molecular weight excluding hydrogens is 280 g/mol. The quantitative estimate of drug-likeness (QED) is 0.848. The maximum atomic E-state index is 13.5. The second kappa shape index (κ2) is 6.65. The van der Waals surface area contributed by atoms with E-state index in [0.29, 0.717) is 0 Å². The predicted octanol–water partition coefficient (Wildman–Crippen LogP) is 2.51. The van der Waals surface area contributed by atoms with E-state index >= 15 is 0 Å². The average molecular weight is 299 g/mol. The molecule has 21 heavy (non-hydrogen) atoms. The molecule has 4 nitrogen and oxygen atoms in total. The molecule has 1 amide bonds. The zero-order valence-corrected chi connectivity index (χ0v) is 12.2. The number of nitrogens with one attached hydrogen (secondary N) is 1. The Morgan fingerprint density at radius 3 is 2.48 bits per heavy atom. The van der Waals surface area contributed by atoms with Crippen molar-refractivity contribution in [2.24, 2.45) is 5.92 Å². The maximum absolute atomic E-state index is 13.5. The first-order valence-electron chi connectivity index (χ1n) is 6.61. The van der Waals surface area contributed by atoms with Crippen LogP contribution in [-0.4, -0.2) is 22.5 Å². The Kier molecular flexibility index (Phi) is 5.41. The highest BCUT2D eigenvalue weighted by Gasteiger charge is 2.32. The molecule has 0 aromatic heterocycles. The monoisotopic (exact) mass is 299 g/mol. The van der Waals surface area contributed by atoms with Gasteiger partial charge in [0.1, 0.15) is 0 Å². The molecule has 116 valence electrons. The number of aliphatic carboxylic acids is 1. The van der Waals surface area contributed by atoms with Gasteiger partial charge in [-0.1, -0.05) is 26.0 Å². The number of carboxylic acids is 1. The first kappa shape index (κ1) is 17.1. The lowest BCUT2D eigenvalue weighted by atomic mass is 9.85. The molecule has 0 heterocycles. The number of halogens is 2. The zero-order chi connectivity index (χ0) is 16.2. The van der Waals surface area contributed by atoms with Gasteiger partial charge in [0, 0.05) is 11.1 Å². The molecule has 2 N–H and O–H groups in total. The van der Waals surface area contributed by atoms with Crippen molar-refractivity contribution in [3.63, 3.8) is 0 Å². The summed E-state index contributed by atoms with van der Waals surface area (Å²) in [5.74, 6) is -3.79. The molecule has 6 heteroatoms. The number of benzene rings is 1. The van der Waals surface area contributed by atoms with E-state index in [1.165, 1.54) is 12.1 Å². The summed E-state index contributed by atoms with van der Waals surface area (Å²) in [6.07, 6.45) is -0.590. The van der Waals surface area contributed by atoms with Crippen LogP contribution in [0.15, 0.2) is 18.2 Å². The summed E-state index contributed by atoms with van der Waals surface area (Å²) >= 11 is 0. The van der Waals surface area contributed by atoms with Gasteiger partial charge in [-0.3, -0.25) is 9.59 Å². The maximum Gasteiger partial charge on any atom is 0.305 e. The largest absolute Gasteiger partial charge is 0.481 e. The minimum absolute atomic E-state index is 0.0612. The molecule has 1 aromatic rings. The molecule has 0 aliphatic rings. The van der Waals surface area contributed by atoms with Crippen LogP contribution in [0.2, 0.25) is 0 Å². The van der Waals surface area contributed by atoms with Crippen LogP contribution in [0.3, 0.4) is 0 Å². The molecule has 0 spiro atoms. The third-order valence-electron chi connectivity index (χ3n) is 3.60. The first-order chi connectivity index (χ1) is 9.65. The molecule has 1 rings (SSSR count). The topological polar surface area (TPSA) is 66.4 Å². The van der Waals surface area contributed by atoms with Gasteiger partial charge in [-0.15, -0.1) is 0 Å². The third-order valence-corrected chi connectivity index (χ3v) is 3.60. The molecule has 0 saturated heterocycles. The fraction of sp³-hybridized carbons (Fsp3) is 0.467. The number of hydrogen-bond acceptors (Lipinski definition) is 2. The molecular formula is C15H19F2NO3. The minimum atomic E-state index is -1.06. The number of hydrogen-bond donors (Lipinski definition) is 2. The van der Waals surface area contributed by atoms with Crippen LogP contribution in [0.4, 0.5) is 8.78 Å². The summed E-state index contributed by atoms with van der Waals surface area (Å²) in [5.41, 5.74) is -1.01. The van der Waals surface area contributed by atoms with Crippen molar-refractivity contribution in [3.8, 4) is 0 Å². The van der Waals surface area contributed by atoms with Gasteiger partial charge in [-0.05, 0) is 18.9 Å². The standard InChI is InChI=1S/C15H19F2NO3/c1-9(2)15(3,8-13(20)21)18-12(19)7-10-5-4-6-11(16)14(10)17/h4-6,9H,7-8H2,1-3H3,(H,18,19)(H,20,21). The summed E-state index contributed by atoms with van der Waals surface area (Å²) in [6, 6.07) is 3.61. The Morgan fingerprint density at radius 2 is 1.95 bits per heavy atom. The Bertz CT molecular complexity index is 546. The lowest BCUT2D eigenvalue weighted by Gasteiger charge is -2.33. The summed E-state index contributed by atoms with van der Waals surface area (Å²) < 4.78 is 26.6. The zero-order valence-electron chi connectivity index (χ0n) is 12.2. The Morgan fingerprint density at radius 1 is 1.33 bits per heavy atom. The van der Waals surface area contributed by atoms with E-state index in [1.807, 2.05) is 0 Å². The van der Waals surface area contributed by atoms with E-state index in [9.17, 15) is 18.4 Å². The Labute approximate surface area is 122 Å². The van der Waals surface area contributed by atoms with Crippen molar-refractivity contribution in [2.75, 3.05) is 0 Å². The van der Waals surface area contributed by atoms with Gasteiger partial charge in [0.2, 0.25) is 5.91 Å². The van der Waals surface area contributed by atoms with E-state index < -0.39 is 29.0 Å². The van der Waals surface area contributed by atoms with Crippen LogP contribution in [0.1, 0.15) is 32.8 Å². The highest BCUT2D eigenvalue weighted by Crippen LogP contribution is 2.21. The summed E-state index contributed by atoms with van der Waals surface area (Å²) in [7, 11) is 0. The van der Waals surface area contributed by atoms with Gasteiger partial charge in [-0.25, -0.2) is 8.78 Å². The number of amides is 1. The Hall–Kier alpha value is -1.98. The Balaban J connectivity index is 2.84. The summed E-state index contributed by atoms with van der Waals surface area (Å²) in [4.78, 5) is 22.9. The van der Waals surface area contributed by atoms with Crippen LogP contribution in [0.25, 0.3) is 0 Å². The molecule has 0 aliphatic heterocycles. The van der Waals surface area contributed by atoms with Gasteiger partial charge < -0.3 is 10.4 Å². The second-order valence-corrected chi connectivity index (χ2v) is 5.58. The summed E-state index contributed by atoms with van der Waals surface area (Å²) in [5, 5.41) is 11.5. The molecule has 0 saturated carbocycles. The van der Waals surface area contributed by atoms with E-state index in [4.69, 9.17) is 5.11 Å².